The molecule has 3 atom stereocenters. The van der Waals surface area contributed by atoms with E-state index in [1.165, 1.54) is 12.8 Å². The third-order valence-electron chi connectivity index (χ3n) is 7.02. The molecule has 1 saturated carbocycles. The van der Waals surface area contributed by atoms with Crippen LogP contribution in [0.25, 0.3) is 11.0 Å². The number of aromatic nitrogens is 2. The van der Waals surface area contributed by atoms with Gasteiger partial charge in [0.25, 0.3) is 0 Å². The molecule has 2 heterocycles. The molecule has 0 bridgehead atoms. The first-order valence-electron chi connectivity index (χ1n) is 11.3. The Morgan fingerprint density at radius 2 is 1.97 bits per heavy atom. The number of nitrogens with one attached hydrogen (secondary N) is 1. The highest BCUT2D eigenvalue weighted by atomic mass is 16.5. The van der Waals surface area contributed by atoms with Gasteiger partial charge in [-0.25, -0.2) is 4.98 Å². The van der Waals surface area contributed by atoms with Crippen LogP contribution in [0, 0.1) is 17.8 Å². The molecule has 1 aromatic carbocycles. The van der Waals surface area contributed by atoms with Crippen LogP contribution in [-0.4, -0.2) is 46.6 Å². The quantitative estimate of drug-likeness (QED) is 0.792. The predicted molar refractivity (Wildman–Crippen MR) is 116 cm³/mol. The smallest absolute Gasteiger partial charge is 0.248 e. The number of carbonyl (C=O) groups is 1. The molecule has 5 heteroatoms. The molecule has 2 aliphatic rings. The van der Waals surface area contributed by atoms with E-state index in [4.69, 9.17) is 9.72 Å². The molecule has 5 nitrogen and oxygen atoms in total. The van der Waals surface area contributed by atoms with Crippen LogP contribution >= 0.6 is 0 Å². The van der Waals surface area contributed by atoms with Crippen LogP contribution in [0.2, 0.25) is 0 Å². The lowest BCUT2D eigenvalue weighted by Crippen LogP contribution is -2.42. The van der Waals surface area contributed by atoms with Crippen molar-refractivity contribution in [2.24, 2.45) is 17.8 Å². The second kappa shape index (κ2) is 8.86. The fraction of sp³-hybridized carbons (Fsp3) is 0.667. The molecule has 2 fully saturated rings. The van der Waals surface area contributed by atoms with Crippen molar-refractivity contribution in [2.75, 3.05) is 19.7 Å². The van der Waals surface area contributed by atoms with Crippen molar-refractivity contribution in [1.29, 1.82) is 0 Å². The largest absolute Gasteiger partial charge is 0.368 e. The van der Waals surface area contributed by atoms with Crippen LogP contribution < -0.4 is 0 Å². The molecule has 1 amide bonds. The van der Waals surface area contributed by atoms with Crippen LogP contribution in [0.4, 0.5) is 0 Å². The molecule has 29 heavy (non-hydrogen) atoms. The molecular weight excluding hydrogens is 362 g/mol. The highest BCUT2D eigenvalue weighted by molar-refractivity contribution is 5.77. The number of rotatable bonds is 5. The first-order valence-corrected chi connectivity index (χ1v) is 11.3. The van der Waals surface area contributed by atoms with Crippen molar-refractivity contribution < 1.29 is 9.53 Å². The van der Waals surface area contributed by atoms with Gasteiger partial charge >= 0.3 is 0 Å². The Labute approximate surface area is 174 Å². The van der Waals surface area contributed by atoms with Crippen LogP contribution in [0.15, 0.2) is 24.3 Å². The maximum Gasteiger partial charge on any atom is 0.248 e. The molecular formula is C24H35N3O2. The fourth-order valence-corrected chi connectivity index (χ4v) is 5.14. The minimum Gasteiger partial charge on any atom is -0.368 e. The normalized spacial score (nSPS) is 26.3. The van der Waals surface area contributed by atoms with E-state index in [0.29, 0.717) is 23.7 Å². The number of ether oxygens (including phenoxy) is 1. The van der Waals surface area contributed by atoms with E-state index in [-0.39, 0.29) is 18.6 Å². The minimum atomic E-state index is 0.147. The third kappa shape index (κ3) is 4.66. The number of aromatic amines is 1. The van der Waals surface area contributed by atoms with E-state index < -0.39 is 0 Å². The molecule has 0 spiro atoms. The van der Waals surface area contributed by atoms with E-state index in [2.05, 4.69) is 31.8 Å². The molecule has 2 aromatic rings. The van der Waals surface area contributed by atoms with Crippen molar-refractivity contribution in [3.63, 3.8) is 0 Å². The number of amides is 1. The summed E-state index contributed by atoms with van der Waals surface area (Å²) in [6, 6.07) is 8.16. The van der Waals surface area contributed by atoms with Gasteiger partial charge in [0.2, 0.25) is 5.91 Å². The van der Waals surface area contributed by atoms with Gasteiger partial charge in [-0.1, -0.05) is 39.3 Å². The monoisotopic (exact) mass is 397 g/mol. The Balaban J connectivity index is 1.28. The standard InChI is InChI=1S/C24H35N3O2/c1-16(2)19-9-8-17(3)14-22(19)29-15-23(28)27-12-10-18(11-13-27)24-25-20-6-4-5-7-21(20)26-24/h4-7,16-19,22H,8-15H2,1-3H3,(H,25,26). The zero-order valence-corrected chi connectivity index (χ0v) is 18.1. The Bertz CT molecular complexity index is 789. The van der Waals surface area contributed by atoms with Gasteiger partial charge in [0.15, 0.2) is 0 Å². The van der Waals surface area contributed by atoms with Gasteiger partial charge in [-0.2, -0.15) is 0 Å². The number of likely N-dealkylation sites (tertiary alicyclic amines) is 1. The molecule has 1 aromatic heterocycles. The van der Waals surface area contributed by atoms with E-state index >= 15 is 0 Å². The van der Waals surface area contributed by atoms with E-state index in [0.717, 1.165) is 49.2 Å². The minimum absolute atomic E-state index is 0.147. The van der Waals surface area contributed by atoms with Crippen molar-refractivity contribution in [3.05, 3.63) is 30.1 Å². The average Bonchev–Trinajstić information content (AvgIpc) is 3.16. The highest BCUT2D eigenvalue weighted by Gasteiger charge is 2.32. The Hall–Kier alpha value is -1.88. The summed E-state index contributed by atoms with van der Waals surface area (Å²) in [4.78, 5) is 23.0. The van der Waals surface area contributed by atoms with Gasteiger partial charge < -0.3 is 14.6 Å². The summed E-state index contributed by atoms with van der Waals surface area (Å²) in [6.07, 6.45) is 5.74. The van der Waals surface area contributed by atoms with Gasteiger partial charge in [-0.05, 0) is 55.6 Å². The van der Waals surface area contributed by atoms with Gasteiger partial charge in [-0.3, -0.25) is 4.79 Å². The molecule has 1 aliphatic carbocycles. The zero-order chi connectivity index (χ0) is 20.4. The van der Waals surface area contributed by atoms with Crippen molar-refractivity contribution in [3.8, 4) is 0 Å². The van der Waals surface area contributed by atoms with Gasteiger partial charge in [0.05, 0.1) is 17.1 Å². The summed E-state index contributed by atoms with van der Waals surface area (Å²) < 4.78 is 6.18. The van der Waals surface area contributed by atoms with Crippen LogP contribution in [0.3, 0.4) is 0 Å². The summed E-state index contributed by atoms with van der Waals surface area (Å²) in [5.41, 5.74) is 2.12. The molecule has 1 aliphatic heterocycles. The number of fused-ring (bicyclic) bond motifs is 1. The zero-order valence-electron chi connectivity index (χ0n) is 18.1. The number of benzene rings is 1. The van der Waals surface area contributed by atoms with E-state index in [1.54, 1.807) is 0 Å². The summed E-state index contributed by atoms with van der Waals surface area (Å²) >= 11 is 0. The van der Waals surface area contributed by atoms with Crippen LogP contribution in [0.5, 0.6) is 0 Å². The maximum atomic E-state index is 12.8. The topological polar surface area (TPSA) is 58.2 Å². The number of para-hydroxylation sites is 2. The second-order valence-electron chi connectivity index (χ2n) is 9.47. The lowest BCUT2D eigenvalue weighted by molar-refractivity contribution is -0.142. The first-order chi connectivity index (χ1) is 14.0. The Kier molecular flexibility index (Phi) is 6.23. The lowest BCUT2D eigenvalue weighted by Gasteiger charge is -2.37. The van der Waals surface area contributed by atoms with Gasteiger partial charge in [0.1, 0.15) is 12.4 Å². The second-order valence-corrected chi connectivity index (χ2v) is 9.47. The number of H-pyrrole nitrogens is 1. The van der Waals surface area contributed by atoms with E-state index in [1.807, 2.05) is 23.1 Å². The number of carbonyl (C=O) groups excluding carboxylic acids is 1. The molecule has 3 unspecified atom stereocenters. The molecule has 1 saturated heterocycles. The summed E-state index contributed by atoms with van der Waals surface area (Å²) in [5.74, 6) is 3.50. The highest BCUT2D eigenvalue weighted by Crippen LogP contribution is 2.35. The third-order valence-corrected chi connectivity index (χ3v) is 7.02. The van der Waals surface area contributed by atoms with Crippen molar-refractivity contribution in [2.45, 2.75) is 64.9 Å². The maximum absolute atomic E-state index is 12.8. The van der Waals surface area contributed by atoms with Crippen molar-refractivity contribution >= 4 is 16.9 Å². The van der Waals surface area contributed by atoms with Gasteiger partial charge in [0, 0.05) is 19.0 Å². The fourth-order valence-electron chi connectivity index (χ4n) is 5.14. The lowest BCUT2D eigenvalue weighted by atomic mass is 9.75. The molecule has 158 valence electrons. The SMILES string of the molecule is CC1CCC(C(C)C)C(OCC(=O)N2CCC(c3nc4ccccc4[nH]3)CC2)C1. The van der Waals surface area contributed by atoms with E-state index in [9.17, 15) is 4.79 Å². The van der Waals surface area contributed by atoms with Gasteiger partial charge in [-0.15, -0.1) is 0 Å². The summed E-state index contributed by atoms with van der Waals surface area (Å²) in [6.45, 7) is 8.67. The number of imidazole rings is 1. The molecule has 1 N–H and O–H groups in total. The predicted octanol–water partition coefficient (Wildman–Crippen LogP) is 4.75. The average molecular weight is 398 g/mol. The Morgan fingerprint density at radius 1 is 1.21 bits per heavy atom. The number of nitrogens with zero attached hydrogens (tertiary/aromatic N) is 2. The number of piperidine rings is 1. The summed E-state index contributed by atoms with van der Waals surface area (Å²) in [7, 11) is 0. The number of hydrogen-bond donors (Lipinski definition) is 1. The van der Waals surface area contributed by atoms with Crippen LogP contribution in [-0.2, 0) is 9.53 Å². The van der Waals surface area contributed by atoms with Crippen LogP contribution in [0.1, 0.15) is 64.6 Å². The molecule has 4 rings (SSSR count). The number of hydrogen-bond acceptors (Lipinski definition) is 3. The first kappa shape index (κ1) is 20.4. The Morgan fingerprint density at radius 3 is 2.69 bits per heavy atom. The molecule has 0 radical (unpaired) electrons. The van der Waals surface area contributed by atoms with Crippen molar-refractivity contribution in [1.82, 2.24) is 14.9 Å². The summed E-state index contributed by atoms with van der Waals surface area (Å²) in [5, 5.41) is 0.